The number of hydrogen-bond donors (Lipinski definition) is 1. The molecule has 0 atom stereocenters. The van der Waals surface area contributed by atoms with Crippen molar-refractivity contribution in [1.82, 2.24) is 5.32 Å². The van der Waals surface area contributed by atoms with Gasteiger partial charge in [0, 0.05) is 36.6 Å². The van der Waals surface area contributed by atoms with Gasteiger partial charge in [-0.1, -0.05) is 19.9 Å². The minimum Gasteiger partial charge on any atom is -0.344 e. The molecule has 0 unspecified atom stereocenters. The van der Waals surface area contributed by atoms with E-state index in [1.165, 1.54) is 18.2 Å². The minimum atomic E-state index is -0.284. The third kappa shape index (κ3) is 3.79. The van der Waals surface area contributed by atoms with Crippen LogP contribution in [0.5, 0.6) is 0 Å². The van der Waals surface area contributed by atoms with Crippen molar-refractivity contribution in [3.8, 4) is 0 Å². The lowest BCUT2D eigenvalue weighted by molar-refractivity contribution is 0.553. The molecule has 0 fully saturated rings. The summed E-state index contributed by atoms with van der Waals surface area (Å²) >= 11 is 0. The van der Waals surface area contributed by atoms with Crippen LogP contribution in [0.25, 0.3) is 0 Å². The average molecular weight is 290 g/mol. The van der Waals surface area contributed by atoms with Crippen molar-refractivity contribution in [3.63, 3.8) is 0 Å². The van der Waals surface area contributed by atoms with Gasteiger partial charge in [0.2, 0.25) is 0 Å². The van der Waals surface area contributed by atoms with E-state index in [0.29, 0.717) is 12.1 Å². The summed E-state index contributed by atoms with van der Waals surface area (Å²) in [5.74, 6) is -0.525. The van der Waals surface area contributed by atoms with Crippen LogP contribution in [0.15, 0.2) is 42.5 Å². The standard InChI is InChI=1S/C17H20F2N2/c1-12(2)20-11-15-16(19)5-4-6-17(15)21(3)14-9-7-13(18)8-10-14/h4-10,12,20H,11H2,1-3H3. The normalized spacial score (nSPS) is 11.0. The van der Waals surface area contributed by atoms with E-state index in [1.54, 1.807) is 18.2 Å². The number of rotatable bonds is 5. The van der Waals surface area contributed by atoms with Crippen molar-refractivity contribution < 1.29 is 8.78 Å². The molecule has 0 heterocycles. The number of anilines is 2. The summed E-state index contributed by atoms with van der Waals surface area (Å²) < 4.78 is 27.1. The SMILES string of the molecule is CC(C)NCc1c(F)cccc1N(C)c1ccc(F)cc1. The number of nitrogens with one attached hydrogen (secondary N) is 1. The molecule has 0 aliphatic rings. The van der Waals surface area contributed by atoms with E-state index in [4.69, 9.17) is 0 Å². The van der Waals surface area contributed by atoms with E-state index in [-0.39, 0.29) is 17.7 Å². The summed E-state index contributed by atoms with van der Waals surface area (Å²) in [6.07, 6.45) is 0. The number of nitrogens with zero attached hydrogens (tertiary/aromatic N) is 1. The zero-order chi connectivity index (χ0) is 15.4. The highest BCUT2D eigenvalue weighted by molar-refractivity contribution is 5.65. The highest BCUT2D eigenvalue weighted by atomic mass is 19.1. The van der Waals surface area contributed by atoms with Gasteiger partial charge in [-0.15, -0.1) is 0 Å². The topological polar surface area (TPSA) is 15.3 Å². The van der Waals surface area contributed by atoms with Crippen molar-refractivity contribution in [2.75, 3.05) is 11.9 Å². The quantitative estimate of drug-likeness (QED) is 0.886. The Morgan fingerprint density at radius 1 is 1.05 bits per heavy atom. The van der Waals surface area contributed by atoms with Crippen molar-refractivity contribution in [2.24, 2.45) is 0 Å². The van der Waals surface area contributed by atoms with Gasteiger partial charge in [0.25, 0.3) is 0 Å². The average Bonchev–Trinajstić information content (AvgIpc) is 2.45. The second-order valence-corrected chi connectivity index (χ2v) is 5.31. The molecule has 0 aliphatic carbocycles. The molecular formula is C17H20F2N2. The second kappa shape index (κ2) is 6.68. The maximum atomic E-state index is 14.1. The fraction of sp³-hybridized carbons (Fsp3) is 0.294. The molecule has 0 amide bonds. The summed E-state index contributed by atoms with van der Waals surface area (Å²) in [6.45, 7) is 4.49. The molecule has 2 nitrogen and oxygen atoms in total. The van der Waals surface area contributed by atoms with Gasteiger partial charge in [-0.3, -0.25) is 0 Å². The van der Waals surface area contributed by atoms with Gasteiger partial charge in [-0.05, 0) is 36.4 Å². The van der Waals surface area contributed by atoms with Gasteiger partial charge >= 0.3 is 0 Å². The fourth-order valence-corrected chi connectivity index (χ4v) is 2.15. The Bertz CT molecular complexity index is 594. The third-order valence-corrected chi connectivity index (χ3v) is 3.36. The Morgan fingerprint density at radius 3 is 2.33 bits per heavy atom. The van der Waals surface area contributed by atoms with Crippen LogP contribution in [0.4, 0.5) is 20.2 Å². The third-order valence-electron chi connectivity index (χ3n) is 3.36. The molecule has 2 aromatic rings. The van der Waals surface area contributed by atoms with Gasteiger partial charge in [-0.25, -0.2) is 8.78 Å². The Morgan fingerprint density at radius 2 is 1.71 bits per heavy atom. The number of halogens is 2. The molecule has 0 aromatic heterocycles. The molecule has 0 saturated carbocycles. The minimum absolute atomic E-state index is 0.241. The van der Waals surface area contributed by atoms with Crippen LogP contribution in [-0.2, 0) is 6.54 Å². The fourth-order valence-electron chi connectivity index (χ4n) is 2.15. The summed E-state index contributed by atoms with van der Waals surface area (Å²) in [5, 5.41) is 3.23. The van der Waals surface area contributed by atoms with Crippen LogP contribution in [0.1, 0.15) is 19.4 Å². The van der Waals surface area contributed by atoms with Crippen LogP contribution in [0.3, 0.4) is 0 Å². The highest BCUT2D eigenvalue weighted by Gasteiger charge is 2.13. The Labute approximate surface area is 124 Å². The molecule has 0 saturated heterocycles. The molecule has 0 bridgehead atoms. The molecular weight excluding hydrogens is 270 g/mol. The van der Waals surface area contributed by atoms with Crippen LogP contribution >= 0.6 is 0 Å². The maximum absolute atomic E-state index is 14.1. The lowest BCUT2D eigenvalue weighted by Gasteiger charge is -2.23. The van der Waals surface area contributed by atoms with Crippen molar-refractivity contribution in [1.29, 1.82) is 0 Å². The van der Waals surface area contributed by atoms with E-state index in [0.717, 1.165) is 11.4 Å². The summed E-state index contributed by atoms with van der Waals surface area (Å²) in [4.78, 5) is 1.86. The zero-order valence-corrected chi connectivity index (χ0v) is 12.5. The molecule has 21 heavy (non-hydrogen) atoms. The predicted molar refractivity (Wildman–Crippen MR) is 82.8 cm³/mol. The maximum Gasteiger partial charge on any atom is 0.129 e. The lowest BCUT2D eigenvalue weighted by atomic mass is 10.1. The Hall–Kier alpha value is -1.94. The Kier molecular flexibility index (Phi) is 4.91. The van der Waals surface area contributed by atoms with Gasteiger partial charge in [-0.2, -0.15) is 0 Å². The van der Waals surface area contributed by atoms with Crippen molar-refractivity contribution in [2.45, 2.75) is 26.4 Å². The second-order valence-electron chi connectivity index (χ2n) is 5.31. The predicted octanol–water partition coefficient (Wildman–Crippen LogP) is 4.23. The smallest absolute Gasteiger partial charge is 0.129 e. The molecule has 1 N–H and O–H groups in total. The number of hydrogen-bond acceptors (Lipinski definition) is 2. The van der Waals surface area contributed by atoms with Gasteiger partial charge in [0.15, 0.2) is 0 Å². The molecule has 112 valence electrons. The first-order chi connectivity index (χ1) is 9.99. The highest BCUT2D eigenvalue weighted by Crippen LogP contribution is 2.28. The van der Waals surface area contributed by atoms with Crippen LogP contribution in [-0.4, -0.2) is 13.1 Å². The molecule has 0 spiro atoms. The zero-order valence-electron chi connectivity index (χ0n) is 12.5. The van der Waals surface area contributed by atoms with Crippen molar-refractivity contribution >= 4 is 11.4 Å². The van der Waals surface area contributed by atoms with E-state index in [9.17, 15) is 8.78 Å². The molecule has 0 radical (unpaired) electrons. The first kappa shape index (κ1) is 15.4. The van der Waals surface area contributed by atoms with Crippen LogP contribution < -0.4 is 10.2 Å². The van der Waals surface area contributed by atoms with E-state index < -0.39 is 0 Å². The lowest BCUT2D eigenvalue weighted by Crippen LogP contribution is -2.24. The summed E-state index contributed by atoms with van der Waals surface area (Å²) in [5.41, 5.74) is 2.19. The van der Waals surface area contributed by atoms with Gasteiger partial charge in [0.05, 0.1) is 0 Å². The van der Waals surface area contributed by atoms with E-state index in [2.05, 4.69) is 5.32 Å². The van der Waals surface area contributed by atoms with Gasteiger partial charge < -0.3 is 10.2 Å². The van der Waals surface area contributed by atoms with Gasteiger partial charge in [0.1, 0.15) is 11.6 Å². The van der Waals surface area contributed by atoms with Crippen LogP contribution in [0.2, 0.25) is 0 Å². The van der Waals surface area contributed by atoms with E-state index >= 15 is 0 Å². The molecule has 0 aliphatic heterocycles. The monoisotopic (exact) mass is 290 g/mol. The van der Waals surface area contributed by atoms with Crippen molar-refractivity contribution in [3.05, 3.63) is 59.7 Å². The Balaban J connectivity index is 2.33. The first-order valence-electron chi connectivity index (χ1n) is 6.99. The van der Waals surface area contributed by atoms with Crippen LogP contribution in [0, 0.1) is 11.6 Å². The van der Waals surface area contributed by atoms with E-state index in [1.807, 2.05) is 31.9 Å². The first-order valence-corrected chi connectivity index (χ1v) is 6.99. The molecule has 2 rings (SSSR count). The summed E-state index contributed by atoms with van der Waals surface area (Å²) in [6, 6.07) is 11.4. The molecule has 2 aromatic carbocycles. The molecule has 4 heteroatoms. The number of benzene rings is 2. The summed E-state index contributed by atoms with van der Waals surface area (Å²) in [7, 11) is 1.85. The largest absolute Gasteiger partial charge is 0.344 e.